The summed E-state index contributed by atoms with van der Waals surface area (Å²) in [5.41, 5.74) is 2.58. The number of hydrogen-bond acceptors (Lipinski definition) is 6. The molecule has 0 saturated carbocycles. The Kier molecular flexibility index (Phi) is 5.86. The highest BCUT2D eigenvalue weighted by atomic mass is 32.1. The minimum absolute atomic E-state index is 0.152. The summed E-state index contributed by atoms with van der Waals surface area (Å²) in [5, 5.41) is 8.18. The van der Waals surface area contributed by atoms with E-state index in [1.54, 1.807) is 17.4 Å². The van der Waals surface area contributed by atoms with Crippen molar-refractivity contribution in [2.24, 2.45) is 0 Å². The third-order valence-corrected chi connectivity index (χ3v) is 5.44. The number of carbonyl (C=O) groups is 1. The van der Waals surface area contributed by atoms with Gasteiger partial charge in [-0.15, -0.1) is 11.3 Å². The maximum atomic E-state index is 12.1. The van der Waals surface area contributed by atoms with Gasteiger partial charge in [-0.1, -0.05) is 6.07 Å². The first kappa shape index (κ1) is 19.1. The van der Waals surface area contributed by atoms with Gasteiger partial charge in [0.05, 0.1) is 0 Å². The van der Waals surface area contributed by atoms with Crippen LogP contribution in [-0.4, -0.2) is 29.0 Å². The Balaban J connectivity index is 1.38. The van der Waals surface area contributed by atoms with E-state index in [0.717, 1.165) is 46.8 Å². The second-order valence-electron chi connectivity index (χ2n) is 6.93. The molecule has 6 nitrogen and oxygen atoms in total. The normalized spacial score (nSPS) is 13.8. The quantitative estimate of drug-likeness (QED) is 0.574. The van der Waals surface area contributed by atoms with Gasteiger partial charge in [0.1, 0.15) is 5.82 Å². The van der Waals surface area contributed by atoms with Crippen molar-refractivity contribution in [3.63, 3.8) is 0 Å². The number of hydrogen-bond donors (Lipinski definition) is 2. The lowest BCUT2D eigenvalue weighted by Gasteiger charge is -2.17. The van der Waals surface area contributed by atoms with Gasteiger partial charge in [0, 0.05) is 47.2 Å². The molecule has 2 aromatic heterocycles. The Morgan fingerprint density at radius 1 is 1.10 bits per heavy atom. The van der Waals surface area contributed by atoms with Crippen LogP contribution in [0.15, 0.2) is 53.9 Å². The fourth-order valence-corrected chi connectivity index (χ4v) is 3.81. The van der Waals surface area contributed by atoms with Gasteiger partial charge in [-0.3, -0.25) is 4.79 Å². The first-order valence-electron chi connectivity index (χ1n) is 9.66. The molecule has 0 atom stereocenters. The standard InChI is InChI=1S/C22H23N5OS/c1-16-15-20(26-22(23-16)27-12-2-3-13-27)24-17-6-8-18(9-7-17)25-21(28)11-10-19-5-4-14-29-19/h4-11,14-15H,2-3,12-13H2,1H3,(H,25,28)(H,23,24,26)/b11-10+. The lowest BCUT2D eigenvalue weighted by atomic mass is 10.2. The molecule has 0 unspecified atom stereocenters. The number of nitrogens with zero attached hydrogens (tertiary/aromatic N) is 3. The lowest BCUT2D eigenvalue weighted by Crippen LogP contribution is -2.21. The van der Waals surface area contributed by atoms with E-state index >= 15 is 0 Å². The molecule has 7 heteroatoms. The van der Waals surface area contributed by atoms with Crippen LogP contribution in [-0.2, 0) is 4.79 Å². The zero-order valence-corrected chi connectivity index (χ0v) is 17.1. The molecular weight excluding hydrogens is 382 g/mol. The lowest BCUT2D eigenvalue weighted by molar-refractivity contribution is -0.111. The number of thiophene rings is 1. The number of anilines is 4. The van der Waals surface area contributed by atoms with Gasteiger partial charge in [-0.2, -0.15) is 4.98 Å². The van der Waals surface area contributed by atoms with Crippen LogP contribution in [0.3, 0.4) is 0 Å². The van der Waals surface area contributed by atoms with Gasteiger partial charge in [-0.25, -0.2) is 4.98 Å². The number of rotatable bonds is 6. The zero-order valence-electron chi connectivity index (χ0n) is 16.3. The molecule has 0 aliphatic carbocycles. The van der Waals surface area contributed by atoms with Crippen LogP contribution < -0.4 is 15.5 Å². The van der Waals surface area contributed by atoms with Crippen LogP contribution in [0.5, 0.6) is 0 Å². The average molecular weight is 406 g/mol. The molecule has 0 radical (unpaired) electrons. The molecule has 148 valence electrons. The van der Waals surface area contributed by atoms with E-state index in [2.05, 4.69) is 25.5 Å². The highest BCUT2D eigenvalue weighted by Gasteiger charge is 2.16. The number of carbonyl (C=O) groups excluding carboxylic acids is 1. The van der Waals surface area contributed by atoms with Crippen LogP contribution in [0, 0.1) is 6.92 Å². The maximum Gasteiger partial charge on any atom is 0.248 e. The Morgan fingerprint density at radius 3 is 2.59 bits per heavy atom. The molecule has 1 aromatic carbocycles. The fraction of sp³-hybridized carbons (Fsp3) is 0.227. The summed E-state index contributed by atoms with van der Waals surface area (Å²) >= 11 is 1.60. The van der Waals surface area contributed by atoms with Crippen LogP contribution in [0.25, 0.3) is 6.08 Å². The van der Waals surface area contributed by atoms with Crippen molar-refractivity contribution >= 4 is 46.5 Å². The van der Waals surface area contributed by atoms with Crippen molar-refractivity contribution < 1.29 is 4.79 Å². The van der Waals surface area contributed by atoms with Gasteiger partial charge < -0.3 is 15.5 Å². The predicted octanol–water partition coefficient (Wildman–Crippen LogP) is 4.84. The summed E-state index contributed by atoms with van der Waals surface area (Å²) in [6.07, 6.45) is 5.73. The minimum atomic E-state index is -0.152. The van der Waals surface area contributed by atoms with Crippen molar-refractivity contribution in [1.29, 1.82) is 0 Å². The molecule has 4 rings (SSSR count). The molecule has 29 heavy (non-hydrogen) atoms. The van der Waals surface area contributed by atoms with E-state index in [0.29, 0.717) is 0 Å². The van der Waals surface area contributed by atoms with Gasteiger partial charge >= 0.3 is 0 Å². The van der Waals surface area contributed by atoms with E-state index in [1.807, 2.05) is 60.8 Å². The highest BCUT2D eigenvalue weighted by Crippen LogP contribution is 2.22. The van der Waals surface area contributed by atoms with Gasteiger partial charge in [0.2, 0.25) is 11.9 Å². The summed E-state index contributed by atoms with van der Waals surface area (Å²) in [7, 11) is 0. The Hall–Kier alpha value is -3.19. The molecule has 1 fully saturated rings. The minimum Gasteiger partial charge on any atom is -0.341 e. The van der Waals surface area contributed by atoms with E-state index in [4.69, 9.17) is 0 Å². The van der Waals surface area contributed by atoms with Crippen molar-refractivity contribution in [1.82, 2.24) is 9.97 Å². The number of amides is 1. The summed E-state index contributed by atoms with van der Waals surface area (Å²) in [5.74, 6) is 1.40. The summed E-state index contributed by atoms with van der Waals surface area (Å²) < 4.78 is 0. The molecular formula is C22H23N5OS. The molecule has 2 N–H and O–H groups in total. The third-order valence-electron chi connectivity index (χ3n) is 4.60. The van der Waals surface area contributed by atoms with Crippen LogP contribution in [0.2, 0.25) is 0 Å². The van der Waals surface area contributed by atoms with E-state index < -0.39 is 0 Å². The van der Waals surface area contributed by atoms with Crippen molar-refractivity contribution in [3.05, 3.63) is 64.5 Å². The van der Waals surface area contributed by atoms with E-state index in [-0.39, 0.29) is 5.91 Å². The van der Waals surface area contributed by atoms with Crippen molar-refractivity contribution in [2.45, 2.75) is 19.8 Å². The molecule has 3 heterocycles. The molecule has 1 saturated heterocycles. The van der Waals surface area contributed by atoms with Crippen molar-refractivity contribution in [3.8, 4) is 0 Å². The topological polar surface area (TPSA) is 70.2 Å². The van der Waals surface area contributed by atoms with Crippen LogP contribution >= 0.6 is 11.3 Å². The highest BCUT2D eigenvalue weighted by molar-refractivity contribution is 7.10. The molecule has 1 aliphatic rings. The SMILES string of the molecule is Cc1cc(Nc2ccc(NC(=O)/C=C/c3cccs3)cc2)nc(N2CCCC2)n1. The monoisotopic (exact) mass is 405 g/mol. The average Bonchev–Trinajstić information content (AvgIpc) is 3.42. The first-order valence-corrected chi connectivity index (χ1v) is 10.5. The van der Waals surface area contributed by atoms with Crippen molar-refractivity contribution in [2.75, 3.05) is 28.6 Å². The Labute approximate surface area is 174 Å². The van der Waals surface area contributed by atoms with Gasteiger partial charge in [-0.05, 0) is 61.6 Å². The fourth-order valence-electron chi connectivity index (χ4n) is 3.19. The number of aryl methyl sites for hydroxylation is 1. The second-order valence-corrected chi connectivity index (χ2v) is 7.91. The molecule has 3 aromatic rings. The molecule has 0 spiro atoms. The Morgan fingerprint density at radius 2 is 1.86 bits per heavy atom. The molecule has 1 amide bonds. The van der Waals surface area contributed by atoms with Gasteiger partial charge in [0.25, 0.3) is 0 Å². The van der Waals surface area contributed by atoms with E-state index in [9.17, 15) is 4.79 Å². The zero-order chi connectivity index (χ0) is 20.1. The Bertz CT molecular complexity index is 993. The molecule has 0 bridgehead atoms. The summed E-state index contributed by atoms with van der Waals surface area (Å²) in [4.78, 5) is 24.5. The number of benzene rings is 1. The maximum absolute atomic E-state index is 12.1. The van der Waals surface area contributed by atoms with Gasteiger partial charge in [0.15, 0.2) is 0 Å². The number of nitrogens with one attached hydrogen (secondary N) is 2. The number of aromatic nitrogens is 2. The summed E-state index contributed by atoms with van der Waals surface area (Å²) in [6, 6.07) is 13.4. The smallest absolute Gasteiger partial charge is 0.248 e. The predicted molar refractivity (Wildman–Crippen MR) is 120 cm³/mol. The van der Waals surface area contributed by atoms with Crippen LogP contribution in [0.1, 0.15) is 23.4 Å². The largest absolute Gasteiger partial charge is 0.341 e. The second kappa shape index (κ2) is 8.87. The third kappa shape index (κ3) is 5.20. The summed E-state index contributed by atoms with van der Waals surface area (Å²) in [6.45, 7) is 4.01. The molecule has 1 aliphatic heterocycles. The first-order chi connectivity index (χ1) is 14.2. The van der Waals surface area contributed by atoms with Crippen LogP contribution in [0.4, 0.5) is 23.1 Å². The van der Waals surface area contributed by atoms with E-state index in [1.165, 1.54) is 12.8 Å².